The topological polar surface area (TPSA) is 29.9 Å². The fraction of sp³-hybridized carbons (Fsp3) is 0.357. The molecule has 20 heavy (non-hydrogen) atoms. The average Bonchev–Trinajstić information content (AvgIpc) is 2.87. The van der Waals surface area contributed by atoms with E-state index in [9.17, 15) is 4.39 Å². The van der Waals surface area contributed by atoms with Crippen LogP contribution in [0.25, 0.3) is 5.69 Å². The first-order valence-electron chi connectivity index (χ1n) is 6.54. The molecule has 1 aromatic heterocycles. The van der Waals surface area contributed by atoms with Crippen LogP contribution in [-0.4, -0.2) is 22.6 Å². The van der Waals surface area contributed by atoms with E-state index in [0.717, 1.165) is 37.3 Å². The SMILES string of the molecule is Fc1cc(Cl)c(-n2cncc2C2CCNCC2)c(Br)c1. The number of imidazole rings is 1. The number of benzene rings is 1. The lowest BCUT2D eigenvalue weighted by Crippen LogP contribution is -2.27. The molecule has 1 aliphatic rings. The lowest BCUT2D eigenvalue weighted by atomic mass is 9.95. The van der Waals surface area contributed by atoms with E-state index in [2.05, 4.69) is 26.2 Å². The molecule has 6 heteroatoms. The molecular weight excluding hydrogens is 345 g/mol. The van der Waals surface area contributed by atoms with Crippen molar-refractivity contribution >= 4 is 27.5 Å². The number of piperidine rings is 1. The smallest absolute Gasteiger partial charge is 0.125 e. The van der Waals surface area contributed by atoms with E-state index in [1.165, 1.54) is 12.1 Å². The van der Waals surface area contributed by atoms with Crippen molar-refractivity contribution in [3.63, 3.8) is 0 Å². The van der Waals surface area contributed by atoms with Crippen LogP contribution >= 0.6 is 27.5 Å². The lowest BCUT2D eigenvalue weighted by Gasteiger charge is -2.24. The van der Waals surface area contributed by atoms with Crippen LogP contribution < -0.4 is 5.32 Å². The van der Waals surface area contributed by atoms with E-state index in [-0.39, 0.29) is 5.82 Å². The van der Waals surface area contributed by atoms with Crippen molar-refractivity contribution in [2.24, 2.45) is 0 Å². The molecule has 3 nitrogen and oxygen atoms in total. The molecule has 1 aromatic carbocycles. The molecule has 0 aliphatic carbocycles. The summed E-state index contributed by atoms with van der Waals surface area (Å²) < 4.78 is 16.0. The summed E-state index contributed by atoms with van der Waals surface area (Å²) in [4.78, 5) is 4.25. The van der Waals surface area contributed by atoms with E-state index in [1.807, 2.05) is 10.8 Å². The summed E-state index contributed by atoms with van der Waals surface area (Å²) in [5.74, 6) is 0.0981. The minimum Gasteiger partial charge on any atom is -0.317 e. The molecular formula is C14H14BrClFN3. The van der Waals surface area contributed by atoms with E-state index in [1.54, 1.807) is 6.33 Å². The summed E-state index contributed by atoms with van der Waals surface area (Å²) in [6, 6.07) is 2.75. The van der Waals surface area contributed by atoms with Gasteiger partial charge in [-0.15, -0.1) is 0 Å². The van der Waals surface area contributed by atoms with Gasteiger partial charge >= 0.3 is 0 Å². The van der Waals surface area contributed by atoms with Gasteiger partial charge in [0.05, 0.1) is 17.0 Å². The van der Waals surface area contributed by atoms with Gasteiger partial charge in [0, 0.05) is 22.3 Å². The Balaban J connectivity index is 2.05. The Morgan fingerprint density at radius 1 is 1.35 bits per heavy atom. The predicted octanol–water partition coefficient (Wildman–Crippen LogP) is 3.89. The fourth-order valence-electron chi connectivity index (χ4n) is 2.68. The second-order valence-electron chi connectivity index (χ2n) is 4.93. The largest absolute Gasteiger partial charge is 0.317 e. The Bertz CT molecular complexity index is 600. The van der Waals surface area contributed by atoms with Crippen molar-refractivity contribution in [3.05, 3.63) is 45.7 Å². The van der Waals surface area contributed by atoms with Crippen molar-refractivity contribution < 1.29 is 4.39 Å². The van der Waals surface area contributed by atoms with Gasteiger partial charge in [-0.3, -0.25) is 0 Å². The van der Waals surface area contributed by atoms with E-state index < -0.39 is 0 Å². The second-order valence-corrected chi connectivity index (χ2v) is 6.19. The molecule has 0 radical (unpaired) electrons. The number of hydrogen-bond acceptors (Lipinski definition) is 2. The normalized spacial score (nSPS) is 16.6. The minimum absolute atomic E-state index is 0.353. The van der Waals surface area contributed by atoms with E-state index in [0.29, 0.717) is 15.4 Å². The molecule has 1 saturated heterocycles. The number of halogens is 3. The zero-order valence-corrected chi connectivity index (χ0v) is 13.1. The molecule has 1 aliphatic heterocycles. The van der Waals surface area contributed by atoms with Crippen molar-refractivity contribution in [1.29, 1.82) is 0 Å². The van der Waals surface area contributed by atoms with Crippen LogP contribution in [0.1, 0.15) is 24.5 Å². The van der Waals surface area contributed by atoms with E-state index in [4.69, 9.17) is 11.6 Å². The molecule has 3 rings (SSSR count). The zero-order valence-electron chi connectivity index (χ0n) is 10.7. The number of hydrogen-bond donors (Lipinski definition) is 1. The third kappa shape index (κ3) is 2.62. The highest BCUT2D eigenvalue weighted by molar-refractivity contribution is 9.10. The molecule has 1 N–H and O–H groups in total. The summed E-state index contributed by atoms with van der Waals surface area (Å²) in [7, 11) is 0. The highest BCUT2D eigenvalue weighted by Gasteiger charge is 2.21. The van der Waals surface area contributed by atoms with Crippen molar-refractivity contribution in [2.45, 2.75) is 18.8 Å². The van der Waals surface area contributed by atoms with Crippen LogP contribution in [-0.2, 0) is 0 Å². The van der Waals surface area contributed by atoms with Gasteiger partial charge in [0.2, 0.25) is 0 Å². The summed E-state index contributed by atoms with van der Waals surface area (Å²) in [5.41, 5.74) is 1.87. The highest BCUT2D eigenvalue weighted by Crippen LogP contribution is 2.34. The third-order valence-corrected chi connectivity index (χ3v) is 4.54. The lowest BCUT2D eigenvalue weighted by molar-refractivity contribution is 0.449. The van der Waals surface area contributed by atoms with Gasteiger partial charge in [-0.1, -0.05) is 11.6 Å². The standard InChI is InChI=1S/C14H14BrClFN3/c15-11-5-10(17)6-12(16)14(11)20-8-19-7-13(20)9-1-3-18-4-2-9/h5-9,18H,1-4H2. The van der Waals surface area contributed by atoms with Gasteiger partial charge in [-0.2, -0.15) is 0 Å². The molecule has 0 amide bonds. The summed E-state index contributed by atoms with van der Waals surface area (Å²) in [6.07, 6.45) is 5.76. The van der Waals surface area contributed by atoms with Gasteiger partial charge in [-0.25, -0.2) is 9.37 Å². The van der Waals surface area contributed by atoms with Crippen LogP contribution in [0.3, 0.4) is 0 Å². The molecule has 0 bridgehead atoms. The maximum absolute atomic E-state index is 13.4. The first-order chi connectivity index (χ1) is 9.66. The van der Waals surface area contributed by atoms with Gasteiger partial charge in [0.15, 0.2) is 0 Å². The first-order valence-corrected chi connectivity index (χ1v) is 7.72. The van der Waals surface area contributed by atoms with Crippen LogP contribution in [0, 0.1) is 5.82 Å². The Kier molecular flexibility index (Phi) is 4.10. The van der Waals surface area contributed by atoms with Crippen LogP contribution in [0.2, 0.25) is 5.02 Å². The molecule has 0 unspecified atom stereocenters. The summed E-state index contributed by atoms with van der Waals surface area (Å²) in [6.45, 7) is 2.02. The predicted molar refractivity (Wildman–Crippen MR) is 81.1 cm³/mol. The second kappa shape index (κ2) is 5.84. The fourth-order valence-corrected chi connectivity index (χ4v) is 3.71. The van der Waals surface area contributed by atoms with Crippen LogP contribution in [0.4, 0.5) is 4.39 Å². The molecule has 0 atom stereocenters. The summed E-state index contributed by atoms with van der Waals surface area (Å²) in [5, 5.41) is 3.73. The zero-order chi connectivity index (χ0) is 14.1. The molecule has 0 spiro atoms. The molecule has 2 aromatic rings. The maximum Gasteiger partial charge on any atom is 0.125 e. The Morgan fingerprint density at radius 2 is 2.10 bits per heavy atom. The number of aromatic nitrogens is 2. The third-order valence-electron chi connectivity index (χ3n) is 3.65. The monoisotopic (exact) mass is 357 g/mol. The Labute approximate surface area is 130 Å². The number of nitrogens with zero attached hydrogens (tertiary/aromatic N) is 2. The van der Waals surface area contributed by atoms with Gasteiger partial charge in [-0.05, 0) is 54.0 Å². The van der Waals surface area contributed by atoms with E-state index >= 15 is 0 Å². The Hall–Kier alpha value is -0.910. The van der Waals surface area contributed by atoms with Crippen molar-refractivity contribution in [3.8, 4) is 5.69 Å². The Morgan fingerprint density at radius 3 is 2.80 bits per heavy atom. The number of nitrogens with one attached hydrogen (secondary N) is 1. The summed E-state index contributed by atoms with van der Waals surface area (Å²) >= 11 is 9.60. The first kappa shape index (κ1) is 14.0. The van der Waals surface area contributed by atoms with Crippen LogP contribution in [0.15, 0.2) is 29.1 Å². The van der Waals surface area contributed by atoms with Crippen molar-refractivity contribution in [1.82, 2.24) is 14.9 Å². The van der Waals surface area contributed by atoms with Crippen LogP contribution in [0.5, 0.6) is 0 Å². The number of rotatable bonds is 2. The van der Waals surface area contributed by atoms with Gasteiger partial charge in [0.1, 0.15) is 5.82 Å². The molecule has 106 valence electrons. The molecule has 1 fully saturated rings. The van der Waals surface area contributed by atoms with Crippen molar-refractivity contribution in [2.75, 3.05) is 13.1 Å². The highest BCUT2D eigenvalue weighted by atomic mass is 79.9. The molecule has 0 saturated carbocycles. The maximum atomic E-state index is 13.4. The quantitative estimate of drug-likeness (QED) is 0.882. The van der Waals surface area contributed by atoms with Gasteiger partial charge < -0.3 is 9.88 Å². The van der Waals surface area contributed by atoms with Gasteiger partial charge in [0.25, 0.3) is 0 Å². The molecule has 2 heterocycles. The minimum atomic E-state index is -0.353. The average molecular weight is 359 g/mol.